The molecule has 0 aliphatic heterocycles. The van der Waals surface area contributed by atoms with E-state index in [-0.39, 0.29) is 23.7 Å². The maximum Gasteiger partial charge on any atom is 0.228 e. The number of nitrogens with one attached hydrogen (secondary N) is 2. The van der Waals surface area contributed by atoms with Crippen LogP contribution in [-0.4, -0.2) is 17.9 Å². The fourth-order valence-electron chi connectivity index (χ4n) is 2.60. The average Bonchev–Trinajstić information content (AvgIpc) is 3.25. The van der Waals surface area contributed by atoms with Crippen LogP contribution in [0.1, 0.15) is 30.4 Å². The van der Waals surface area contributed by atoms with Gasteiger partial charge in [0.15, 0.2) is 0 Å². The van der Waals surface area contributed by atoms with Gasteiger partial charge in [-0.15, -0.1) is 0 Å². The number of carbonyl (C=O) groups is 2. The molecule has 0 bridgehead atoms. The lowest BCUT2D eigenvalue weighted by Crippen LogP contribution is -2.29. The summed E-state index contributed by atoms with van der Waals surface area (Å²) in [4.78, 5) is 24.1. The first-order valence-corrected chi connectivity index (χ1v) is 7.71. The Morgan fingerprint density at radius 2 is 1.81 bits per heavy atom. The molecule has 2 amide bonds. The SMILES string of the molecule is Cc1cc(C)c(NC(=O)C2CC2C(=O)NC2CC2)c(Cl)c1. The fraction of sp³-hybridized carbons (Fsp3) is 0.500. The van der Waals surface area contributed by atoms with Crippen molar-refractivity contribution < 1.29 is 9.59 Å². The van der Waals surface area contributed by atoms with Crippen LogP contribution < -0.4 is 10.6 Å². The van der Waals surface area contributed by atoms with E-state index in [4.69, 9.17) is 11.6 Å². The number of rotatable bonds is 4. The van der Waals surface area contributed by atoms with E-state index < -0.39 is 0 Å². The minimum absolute atomic E-state index is 0.0179. The molecule has 0 heterocycles. The van der Waals surface area contributed by atoms with Crippen LogP contribution in [0.15, 0.2) is 12.1 Å². The van der Waals surface area contributed by atoms with Crippen LogP contribution >= 0.6 is 11.6 Å². The topological polar surface area (TPSA) is 58.2 Å². The molecule has 0 aromatic heterocycles. The Morgan fingerprint density at radius 1 is 1.14 bits per heavy atom. The second kappa shape index (κ2) is 5.34. The molecular formula is C16H19ClN2O2. The van der Waals surface area contributed by atoms with Gasteiger partial charge in [0.05, 0.1) is 22.5 Å². The van der Waals surface area contributed by atoms with Crippen LogP contribution in [0.2, 0.25) is 5.02 Å². The number of anilines is 1. The molecule has 2 fully saturated rings. The monoisotopic (exact) mass is 306 g/mol. The van der Waals surface area contributed by atoms with Crippen LogP contribution in [0.3, 0.4) is 0 Å². The van der Waals surface area contributed by atoms with E-state index in [1.807, 2.05) is 26.0 Å². The maximum atomic E-state index is 12.2. The summed E-state index contributed by atoms with van der Waals surface area (Å²) in [5.41, 5.74) is 2.65. The summed E-state index contributed by atoms with van der Waals surface area (Å²) in [6, 6.07) is 4.15. The number of amides is 2. The van der Waals surface area contributed by atoms with E-state index in [9.17, 15) is 9.59 Å². The molecule has 3 rings (SSSR count). The quantitative estimate of drug-likeness (QED) is 0.898. The van der Waals surface area contributed by atoms with Gasteiger partial charge in [-0.1, -0.05) is 17.7 Å². The number of aryl methyl sites for hydroxylation is 2. The number of benzene rings is 1. The van der Waals surface area contributed by atoms with Gasteiger partial charge >= 0.3 is 0 Å². The van der Waals surface area contributed by atoms with Gasteiger partial charge in [-0.2, -0.15) is 0 Å². The van der Waals surface area contributed by atoms with Crippen molar-refractivity contribution in [3.05, 3.63) is 28.3 Å². The lowest BCUT2D eigenvalue weighted by Gasteiger charge is -2.11. The van der Waals surface area contributed by atoms with Crippen molar-refractivity contribution in [2.45, 2.75) is 39.2 Å². The summed E-state index contributed by atoms with van der Waals surface area (Å²) in [5.74, 6) is -0.486. The Morgan fingerprint density at radius 3 is 2.43 bits per heavy atom. The third kappa shape index (κ3) is 3.21. The summed E-state index contributed by atoms with van der Waals surface area (Å²) < 4.78 is 0. The third-order valence-electron chi connectivity index (χ3n) is 4.07. The van der Waals surface area contributed by atoms with Gasteiger partial charge in [0.1, 0.15) is 0 Å². The van der Waals surface area contributed by atoms with Gasteiger partial charge in [0.2, 0.25) is 11.8 Å². The largest absolute Gasteiger partial charge is 0.353 e. The van der Waals surface area contributed by atoms with Crippen molar-refractivity contribution >= 4 is 29.1 Å². The molecule has 112 valence electrons. The molecule has 1 aromatic rings. The first kappa shape index (κ1) is 14.4. The zero-order chi connectivity index (χ0) is 15.1. The van der Waals surface area contributed by atoms with E-state index in [0.717, 1.165) is 24.0 Å². The van der Waals surface area contributed by atoms with Crippen molar-refractivity contribution in [3.8, 4) is 0 Å². The lowest BCUT2D eigenvalue weighted by atomic mass is 10.1. The Bertz CT molecular complexity index is 587. The zero-order valence-electron chi connectivity index (χ0n) is 12.2. The molecule has 0 radical (unpaired) electrons. The Labute approximate surface area is 129 Å². The van der Waals surface area contributed by atoms with E-state index in [1.165, 1.54) is 0 Å². The summed E-state index contributed by atoms with van der Waals surface area (Å²) >= 11 is 6.19. The molecule has 2 N–H and O–H groups in total. The van der Waals surface area contributed by atoms with E-state index >= 15 is 0 Å². The molecule has 0 spiro atoms. The van der Waals surface area contributed by atoms with Gasteiger partial charge in [0.25, 0.3) is 0 Å². The zero-order valence-corrected chi connectivity index (χ0v) is 13.0. The standard InChI is InChI=1S/C16H19ClN2O2/c1-8-5-9(2)14(13(17)6-8)19-16(21)12-7-11(12)15(20)18-10-3-4-10/h5-6,10-12H,3-4,7H2,1-2H3,(H,18,20)(H,19,21). The van der Waals surface area contributed by atoms with E-state index in [1.54, 1.807) is 0 Å². The average molecular weight is 307 g/mol. The molecule has 2 aliphatic rings. The first-order valence-electron chi connectivity index (χ1n) is 7.33. The molecule has 5 heteroatoms. The smallest absolute Gasteiger partial charge is 0.228 e. The first-order chi connectivity index (χ1) is 9.95. The number of halogens is 1. The molecule has 2 aliphatic carbocycles. The van der Waals surface area contributed by atoms with Crippen molar-refractivity contribution in [2.24, 2.45) is 11.8 Å². The normalized spacial score (nSPS) is 23.6. The molecular weight excluding hydrogens is 288 g/mol. The second-order valence-electron chi connectivity index (χ2n) is 6.16. The molecule has 1 aromatic carbocycles. The molecule has 2 saturated carbocycles. The molecule has 4 nitrogen and oxygen atoms in total. The van der Waals surface area contributed by atoms with Crippen LogP contribution in [0.5, 0.6) is 0 Å². The van der Waals surface area contributed by atoms with Crippen LogP contribution in [0.4, 0.5) is 5.69 Å². The highest BCUT2D eigenvalue weighted by molar-refractivity contribution is 6.34. The Hall–Kier alpha value is -1.55. The number of carbonyl (C=O) groups excluding carboxylic acids is 2. The predicted molar refractivity (Wildman–Crippen MR) is 82.3 cm³/mol. The van der Waals surface area contributed by atoms with Gasteiger partial charge < -0.3 is 10.6 Å². The minimum atomic E-state index is -0.222. The molecule has 21 heavy (non-hydrogen) atoms. The van der Waals surface area contributed by atoms with Crippen molar-refractivity contribution in [2.75, 3.05) is 5.32 Å². The summed E-state index contributed by atoms with van der Waals surface area (Å²) in [7, 11) is 0. The summed E-state index contributed by atoms with van der Waals surface area (Å²) in [6.45, 7) is 3.88. The summed E-state index contributed by atoms with van der Waals surface area (Å²) in [5, 5.41) is 6.36. The minimum Gasteiger partial charge on any atom is -0.353 e. The van der Waals surface area contributed by atoms with Gasteiger partial charge in [0, 0.05) is 6.04 Å². The van der Waals surface area contributed by atoms with Gasteiger partial charge in [-0.25, -0.2) is 0 Å². The Kier molecular flexibility index (Phi) is 3.66. The van der Waals surface area contributed by atoms with Crippen LogP contribution in [-0.2, 0) is 9.59 Å². The third-order valence-corrected chi connectivity index (χ3v) is 4.37. The number of hydrogen-bond acceptors (Lipinski definition) is 2. The predicted octanol–water partition coefficient (Wildman–Crippen LogP) is 2.81. The maximum absolute atomic E-state index is 12.2. The van der Waals surface area contributed by atoms with Crippen molar-refractivity contribution in [3.63, 3.8) is 0 Å². The highest BCUT2D eigenvalue weighted by atomic mass is 35.5. The van der Waals surface area contributed by atoms with Gasteiger partial charge in [-0.3, -0.25) is 9.59 Å². The van der Waals surface area contributed by atoms with Crippen LogP contribution in [0.25, 0.3) is 0 Å². The highest BCUT2D eigenvalue weighted by Crippen LogP contribution is 2.41. The highest BCUT2D eigenvalue weighted by Gasteiger charge is 2.49. The van der Waals surface area contributed by atoms with Crippen molar-refractivity contribution in [1.82, 2.24) is 5.32 Å². The van der Waals surface area contributed by atoms with Crippen molar-refractivity contribution in [1.29, 1.82) is 0 Å². The van der Waals surface area contributed by atoms with E-state index in [2.05, 4.69) is 10.6 Å². The lowest BCUT2D eigenvalue weighted by molar-refractivity contribution is -0.125. The van der Waals surface area contributed by atoms with E-state index in [0.29, 0.717) is 23.2 Å². The van der Waals surface area contributed by atoms with Gasteiger partial charge in [-0.05, 0) is 50.3 Å². The molecule has 2 atom stereocenters. The molecule has 2 unspecified atom stereocenters. The fourth-order valence-corrected chi connectivity index (χ4v) is 2.97. The van der Waals surface area contributed by atoms with Crippen LogP contribution in [0, 0.1) is 25.7 Å². The second-order valence-corrected chi connectivity index (χ2v) is 6.57. The number of hydrogen-bond donors (Lipinski definition) is 2. The Balaban J connectivity index is 1.61. The summed E-state index contributed by atoms with van der Waals surface area (Å²) in [6.07, 6.45) is 2.76. The molecule has 0 saturated heterocycles.